The molecule has 1 aliphatic heterocycles. The monoisotopic (exact) mass is 479 g/mol. The smallest absolute Gasteiger partial charge is 0.234 e. The molecule has 29 heavy (non-hydrogen) atoms. The highest BCUT2D eigenvalue weighted by atomic mass is 79.9. The van der Waals surface area contributed by atoms with E-state index in [0.29, 0.717) is 12.5 Å². The van der Waals surface area contributed by atoms with Gasteiger partial charge in [-0.05, 0) is 54.8 Å². The summed E-state index contributed by atoms with van der Waals surface area (Å²) in [6.45, 7) is 2.35. The van der Waals surface area contributed by atoms with Crippen molar-refractivity contribution in [3.05, 3.63) is 58.8 Å². The van der Waals surface area contributed by atoms with Gasteiger partial charge in [0.2, 0.25) is 11.8 Å². The van der Waals surface area contributed by atoms with E-state index in [9.17, 15) is 14.0 Å². The highest BCUT2D eigenvalue weighted by Gasteiger charge is 2.23. The SMILES string of the molecule is O=C(CSCC(=O)Nc1cccc(Br)c1)NCC1CCN(c2ccc(F)cc2)C1. The molecule has 1 aliphatic rings. The zero-order valence-electron chi connectivity index (χ0n) is 15.9. The van der Waals surface area contributed by atoms with Crippen LogP contribution in [-0.2, 0) is 9.59 Å². The van der Waals surface area contributed by atoms with Crippen molar-refractivity contribution in [2.75, 3.05) is 41.4 Å². The molecule has 2 N–H and O–H groups in total. The molecular weight excluding hydrogens is 457 g/mol. The van der Waals surface area contributed by atoms with Crippen LogP contribution in [0.3, 0.4) is 0 Å². The maximum atomic E-state index is 13.0. The molecule has 0 aliphatic carbocycles. The number of amides is 2. The number of nitrogens with zero attached hydrogens (tertiary/aromatic N) is 1. The van der Waals surface area contributed by atoms with Crippen LogP contribution >= 0.6 is 27.7 Å². The molecule has 1 saturated heterocycles. The fourth-order valence-corrected chi connectivity index (χ4v) is 4.24. The first kappa shape index (κ1) is 21.6. The minimum Gasteiger partial charge on any atom is -0.371 e. The Balaban J connectivity index is 1.31. The van der Waals surface area contributed by atoms with Crippen molar-refractivity contribution in [2.45, 2.75) is 6.42 Å². The topological polar surface area (TPSA) is 61.4 Å². The molecular formula is C21H23BrFN3O2S. The number of carbonyl (C=O) groups is 2. The third kappa shape index (κ3) is 7.04. The lowest BCUT2D eigenvalue weighted by molar-refractivity contribution is -0.118. The summed E-state index contributed by atoms with van der Waals surface area (Å²) < 4.78 is 13.9. The molecule has 2 amide bonds. The summed E-state index contributed by atoms with van der Waals surface area (Å²) in [7, 11) is 0. The highest BCUT2D eigenvalue weighted by Crippen LogP contribution is 2.23. The van der Waals surface area contributed by atoms with Gasteiger partial charge in [-0.1, -0.05) is 22.0 Å². The van der Waals surface area contributed by atoms with Crippen molar-refractivity contribution in [3.63, 3.8) is 0 Å². The molecule has 0 spiro atoms. The van der Waals surface area contributed by atoms with Crippen molar-refractivity contribution in [1.29, 1.82) is 0 Å². The Morgan fingerprint density at radius 1 is 1.14 bits per heavy atom. The quantitative estimate of drug-likeness (QED) is 0.602. The molecule has 0 aromatic heterocycles. The maximum Gasteiger partial charge on any atom is 0.234 e. The molecule has 154 valence electrons. The van der Waals surface area contributed by atoms with E-state index in [0.717, 1.165) is 35.4 Å². The zero-order chi connectivity index (χ0) is 20.6. The van der Waals surface area contributed by atoms with Gasteiger partial charge < -0.3 is 15.5 Å². The summed E-state index contributed by atoms with van der Waals surface area (Å²) in [6.07, 6.45) is 0.986. The van der Waals surface area contributed by atoms with Gasteiger partial charge in [0.1, 0.15) is 5.82 Å². The molecule has 2 aromatic carbocycles. The molecule has 2 aromatic rings. The Hall–Kier alpha value is -2.06. The first-order valence-corrected chi connectivity index (χ1v) is 11.3. The Morgan fingerprint density at radius 2 is 1.90 bits per heavy atom. The third-order valence-corrected chi connectivity index (χ3v) is 6.07. The second-order valence-corrected chi connectivity index (χ2v) is 8.83. The van der Waals surface area contributed by atoms with Crippen molar-refractivity contribution in [3.8, 4) is 0 Å². The van der Waals surface area contributed by atoms with Crippen molar-refractivity contribution in [1.82, 2.24) is 5.32 Å². The van der Waals surface area contributed by atoms with Crippen LogP contribution in [0.4, 0.5) is 15.8 Å². The average molecular weight is 480 g/mol. The minimum absolute atomic E-state index is 0.0644. The average Bonchev–Trinajstić information content (AvgIpc) is 3.16. The molecule has 0 bridgehead atoms. The Kier molecular flexibility index (Phi) is 7.94. The van der Waals surface area contributed by atoms with Gasteiger partial charge in [-0.15, -0.1) is 11.8 Å². The van der Waals surface area contributed by atoms with Gasteiger partial charge in [-0.25, -0.2) is 4.39 Å². The largest absolute Gasteiger partial charge is 0.371 e. The summed E-state index contributed by atoms with van der Waals surface area (Å²) in [6, 6.07) is 13.9. The third-order valence-electron chi connectivity index (χ3n) is 4.64. The van der Waals surface area contributed by atoms with Gasteiger partial charge in [0.15, 0.2) is 0 Å². The first-order valence-electron chi connectivity index (χ1n) is 9.40. The van der Waals surface area contributed by atoms with Crippen LogP contribution in [-0.4, -0.2) is 43.0 Å². The van der Waals surface area contributed by atoms with Gasteiger partial charge in [-0.2, -0.15) is 0 Å². The second kappa shape index (κ2) is 10.6. The number of halogens is 2. The predicted octanol–water partition coefficient (Wildman–Crippen LogP) is 3.90. The Labute approximate surface area is 182 Å². The van der Waals surface area contributed by atoms with Crippen LogP contribution in [0.2, 0.25) is 0 Å². The highest BCUT2D eigenvalue weighted by molar-refractivity contribution is 9.10. The molecule has 0 radical (unpaired) electrons. The summed E-state index contributed by atoms with van der Waals surface area (Å²) in [5, 5.41) is 5.76. The van der Waals surface area contributed by atoms with E-state index in [4.69, 9.17) is 0 Å². The van der Waals surface area contributed by atoms with Gasteiger partial charge in [0, 0.05) is 35.5 Å². The van der Waals surface area contributed by atoms with Crippen molar-refractivity contribution >= 4 is 50.9 Å². The molecule has 1 fully saturated rings. The molecule has 5 nitrogen and oxygen atoms in total. The van der Waals surface area contributed by atoms with Crippen LogP contribution in [0, 0.1) is 11.7 Å². The normalized spacial score (nSPS) is 15.9. The minimum atomic E-state index is -0.236. The van der Waals surface area contributed by atoms with Crippen LogP contribution in [0.1, 0.15) is 6.42 Å². The number of hydrogen-bond donors (Lipinski definition) is 2. The number of carbonyl (C=O) groups excluding carboxylic acids is 2. The summed E-state index contributed by atoms with van der Waals surface area (Å²) in [5.74, 6) is 0.410. The second-order valence-electron chi connectivity index (χ2n) is 6.93. The molecule has 1 heterocycles. The number of thioether (sulfide) groups is 1. The number of anilines is 2. The fourth-order valence-electron chi connectivity index (χ4n) is 3.19. The lowest BCUT2D eigenvalue weighted by Crippen LogP contribution is -2.32. The number of rotatable bonds is 8. The first-order chi connectivity index (χ1) is 14.0. The van der Waals surface area contributed by atoms with Gasteiger partial charge in [0.25, 0.3) is 0 Å². The van der Waals surface area contributed by atoms with E-state index in [1.807, 2.05) is 24.3 Å². The molecule has 3 rings (SSSR count). The van der Waals surface area contributed by atoms with Gasteiger partial charge in [-0.3, -0.25) is 9.59 Å². The summed E-state index contributed by atoms with van der Waals surface area (Å²) >= 11 is 4.65. The van der Waals surface area contributed by atoms with E-state index in [1.54, 1.807) is 12.1 Å². The number of hydrogen-bond acceptors (Lipinski definition) is 4. The summed E-state index contributed by atoms with van der Waals surface area (Å²) in [5.41, 5.74) is 1.73. The molecule has 1 atom stereocenters. The molecule has 8 heteroatoms. The number of benzene rings is 2. The predicted molar refractivity (Wildman–Crippen MR) is 120 cm³/mol. The van der Waals surface area contributed by atoms with Crippen LogP contribution in [0.15, 0.2) is 53.0 Å². The number of nitrogens with one attached hydrogen (secondary N) is 2. The van der Waals surface area contributed by atoms with Gasteiger partial charge in [0.05, 0.1) is 11.5 Å². The van der Waals surface area contributed by atoms with E-state index >= 15 is 0 Å². The summed E-state index contributed by atoms with van der Waals surface area (Å²) in [4.78, 5) is 26.2. The lowest BCUT2D eigenvalue weighted by atomic mass is 10.1. The standard InChI is InChI=1S/C21H23BrFN3O2S/c22-16-2-1-3-18(10-16)25-21(28)14-29-13-20(27)24-11-15-8-9-26(12-15)19-6-4-17(23)5-7-19/h1-7,10,15H,8-9,11-14H2,(H,24,27)(H,25,28). The maximum absolute atomic E-state index is 13.0. The van der Waals surface area contributed by atoms with Crippen LogP contribution in [0.5, 0.6) is 0 Å². The zero-order valence-corrected chi connectivity index (χ0v) is 18.3. The van der Waals surface area contributed by atoms with E-state index in [-0.39, 0.29) is 29.1 Å². The van der Waals surface area contributed by atoms with E-state index < -0.39 is 0 Å². The molecule has 0 saturated carbocycles. The Morgan fingerprint density at radius 3 is 2.66 bits per heavy atom. The van der Waals surface area contributed by atoms with E-state index in [2.05, 4.69) is 31.5 Å². The Bertz CT molecular complexity index is 850. The van der Waals surface area contributed by atoms with Crippen LogP contribution < -0.4 is 15.5 Å². The van der Waals surface area contributed by atoms with Crippen LogP contribution in [0.25, 0.3) is 0 Å². The lowest BCUT2D eigenvalue weighted by Gasteiger charge is -2.18. The molecule has 1 unspecified atom stereocenters. The fraction of sp³-hybridized carbons (Fsp3) is 0.333. The van der Waals surface area contributed by atoms with Crippen molar-refractivity contribution < 1.29 is 14.0 Å². The van der Waals surface area contributed by atoms with Gasteiger partial charge >= 0.3 is 0 Å². The van der Waals surface area contributed by atoms with Crippen molar-refractivity contribution in [2.24, 2.45) is 5.92 Å². The van der Waals surface area contributed by atoms with E-state index in [1.165, 1.54) is 23.9 Å².